The molecule has 1 fully saturated rings. The molecule has 3 heterocycles. The third-order valence-electron chi connectivity index (χ3n) is 4.08. The molecule has 4 rings (SSSR count). The lowest BCUT2D eigenvalue weighted by Gasteiger charge is -2.21. The van der Waals surface area contributed by atoms with Crippen LogP contribution in [0.2, 0.25) is 0 Å². The molecule has 130 valence electrons. The molecule has 2 aromatic heterocycles. The molecule has 8 nitrogen and oxygen atoms in total. The van der Waals surface area contributed by atoms with Crippen LogP contribution in [0.3, 0.4) is 0 Å². The van der Waals surface area contributed by atoms with E-state index in [2.05, 4.69) is 20.6 Å². The van der Waals surface area contributed by atoms with E-state index in [0.29, 0.717) is 28.2 Å². The molecule has 1 atom stereocenters. The molecule has 1 aromatic carbocycles. The molecule has 1 saturated heterocycles. The topological polar surface area (TPSA) is 114 Å². The van der Waals surface area contributed by atoms with Gasteiger partial charge in [0.15, 0.2) is 5.58 Å². The summed E-state index contributed by atoms with van der Waals surface area (Å²) in [4.78, 5) is 43.9. The zero-order valence-electron chi connectivity index (χ0n) is 13.6. The van der Waals surface area contributed by atoms with Gasteiger partial charge in [-0.15, -0.1) is 0 Å². The van der Waals surface area contributed by atoms with Crippen molar-refractivity contribution in [3.05, 3.63) is 48.2 Å². The molecule has 0 radical (unpaired) electrons. The van der Waals surface area contributed by atoms with Gasteiger partial charge in [0.05, 0.1) is 0 Å². The second kappa shape index (κ2) is 6.40. The maximum absolute atomic E-state index is 12.4. The first-order chi connectivity index (χ1) is 12.6. The van der Waals surface area contributed by atoms with Gasteiger partial charge in [0.1, 0.15) is 17.3 Å². The number of hydrogen-bond acceptors (Lipinski definition) is 6. The summed E-state index contributed by atoms with van der Waals surface area (Å²) in [5.41, 5.74) is 1.98. The monoisotopic (exact) mass is 350 g/mol. The number of amides is 3. The number of imide groups is 1. The Hall–Kier alpha value is -3.55. The van der Waals surface area contributed by atoms with Gasteiger partial charge >= 0.3 is 0 Å². The summed E-state index contributed by atoms with van der Waals surface area (Å²) in [5.74, 6) is -0.876. The lowest BCUT2D eigenvalue weighted by Crippen LogP contribution is -2.52. The van der Waals surface area contributed by atoms with Crippen LogP contribution in [0.15, 0.2) is 47.0 Å². The lowest BCUT2D eigenvalue weighted by atomic mass is 10.1. The summed E-state index contributed by atoms with van der Waals surface area (Å²) in [7, 11) is 0. The normalized spacial score (nSPS) is 17.2. The SMILES string of the molecule is O=C1CCC(NC(=O)c2ccc3nc(-c4ccccn4)oc3c2)C(=O)N1. The van der Waals surface area contributed by atoms with Gasteiger partial charge in [-0.25, -0.2) is 4.98 Å². The Morgan fingerprint density at radius 2 is 2.12 bits per heavy atom. The fourth-order valence-corrected chi connectivity index (χ4v) is 2.74. The van der Waals surface area contributed by atoms with Crippen molar-refractivity contribution in [1.82, 2.24) is 20.6 Å². The average Bonchev–Trinajstić information content (AvgIpc) is 3.08. The molecule has 1 unspecified atom stereocenters. The fraction of sp³-hybridized carbons (Fsp3) is 0.167. The van der Waals surface area contributed by atoms with Crippen molar-refractivity contribution in [2.24, 2.45) is 0 Å². The quantitative estimate of drug-likeness (QED) is 0.691. The van der Waals surface area contributed by atoms with Crippen LogP contribution in [0.4, 0.5) is 0 Å². The van der Waals surface area contributed by atoms with Crippen molar-refractivity contribution < 1.29 is 18.8 Å². The van der Waals surface area contributed by atoms with Crippen molar-refractivity contribution in [3.8, 4) is 11.6 Å². The first-order valence-corrected chi connectivity index (χ1v) is 8.07. The average molecular weight is 350 g/mol. The Kier molecular flexibility index (Phi) is 3.92. The second-order valence-electron chi connectivity index (χ2n) is 5.89. The van der Waals surface area contributed by atoms with Crippen molar-refractivity contribution in [3.63, 3.8) is 0 Å². The third-order valence-corrected chi connectivity index (χ3v) is 4.08. The highest BCUT2D eigenvalue weighted by Crippen LogP contribution is 2.23. The number of rotatable bonds is 3. The number of oxazole rings is 1. The van der Waals surface area contributed by atoms with Crippen molar-refractivity contribution in [2.75, 3.05) is 0 Å². The molecule has 3 amide bonds. The second-order valence-corrected chi connectivity index (χ2v) is 5.89. The highest BCUT2D eigenvalue weighted by molar-refractivity contribution is 6.04. The summed E-state index contributed by atoms with van der Waals surface area (Å²) in [6.07, 6.45) is 2.12. The van der Waals surface area contributed by atoms with Crippen LogP contribution in [-0.4, -0.2) is 33.7 Å². The number of nitrogens with zero attached hydrogens (tertiary/aromatic N) is 2. The van der Waals surface area contributed by atoms with Gasteiger partial charge < -0.3 is 9.73 Å². The Morgan fingerprint density at radius 1 is 1.23 bits per heavy atom. The zero-order chi connectivity index (χ0) is 18.1. The standard InChI is InChI=1S/C18H14N4O4/c23-15-7-6-12(17(25)22-15)20-16(24)10-4-5-11-14(9-10)26-18(21-11)13-3-1-2-8-19-13/h1-5,8-9,12H,6-7H2,(H,20,24)(H,22,23,25). The number of fused-ring (bicyclic) bond motifs is 1. The minimum Gasteiger partial charge on any atom is -0.435 e. The van der Waals surface area contributed by atoms with Gasteiger partial charge in [-0.2, -0.15) is 0 Å². The highest BCUT2D eigenvalue weighted by Gasteiger charge is 2.28. The van der Waals surface area contributed by atoms with E-state index in [1.165, 1.54) is 0 Å². The van der Waals surface area contributed by atoms with E-state index in [-0.39, 0.29) is 18.7 Å². The first kappa shape index (κ1) is 15.9. The lowest BCUT2D eigenvalue weighted by molar-refractivity contribution is -0.134. The number of piperidine rings is 1. The largest absolute Gasteiger partial charge is 0.435 e. The fourth-order valence-electron chi connectivity index (χ4n) is 2.74. The molecule has 0 spiro atoms. The maximum atomic E-state index is 12.4. The van der Waals surface area contributed by atoms with E-state index in [9.17, 15) is 14.4 Å². The minimum absolute atomic E-state index is 0.200. The Bertz CT molecular complexity index is 1010. The molecule has 0 aliphatic carbocycles. The molecule has 26 heavy (non-hydrogen) atoms. The van der Waals surface area contributed by atoms with E-state index in [1.807, 2.05) is 6.07 Å². The molecule has 0 saturated carbocycles. The number of carbonyl (C=O) groups excluding carboxylic acids is 3. The van der Waals surface area contributed by atoms with Crippen molar-refractivity contribution in [1.29, 1.82) is 0 Å². The summed E-state index contributed by atoms with van der Waals surface area (Å²) in [5, 5.41) is 4.84. The molecule has 2 N–H and O–H groups in total. The van der Waals surface area contributed by atoms with Gasteiger partial charge in [-0.3, -0.25) is 24.7 Å². The first-order valence-electron chi connectivity index (χ1n) is 8.07. The predicted octanol–water partition coefficient (Wildman–Crippen LogP) is 1.42. The van der Waals surface area contributed by atoms with E-state index in [0.717, 1.165) is 0 Å². The van der Waals surface area contributed by atoms with Gasteiger partial charge in [0.2, 0.25) is 17.7 Å². The molecule has 8 heteroatoms. The Balaban J connectivity index is 1.56. The molecular formula is C18H14N4O4. The van der Waals surface area contributed by atoms with Crippen molar-refractivity contribution in [2.45, 2.75) is 18.9 Å². The summed E-state index contributed by atoms with van der Waals surface area (Å²) < 4.78 is 5.69. The highest BCUT2D eigenvalue weighted by atomic mass is 16.3. The van der Waals surface area contributed by atoms with Gasteiger partial charge in [0, 0.05) is 18.2 Å². The summed E-state index contributed by atoms with van der Waals surface area (Å²) in [6.45, 7) is 0. The van der Waals surface area contributed by atoms with Crippen LogP contribution < -0.4 is 10.6 Å². The number of nitrogens with one attached hydrogen (secondary N) is 2. The zero-order valence-corrected chi connectivity index (χ0v) is 13.6. The summed E-state index contributed by atoms with van der Waals surface area (Å²) in [6, 6.07) is 9.52. The Labute approximate surface area is 147 Å². The van der Waals surface area contributed by atoms with Crippen LogP contribution in [0.25, 0.3) is 22.7 Å². The number of aromatic nitrogens is 2. The molecule has 1 aliphatic heterocycles. The third kappa shape index (κ3) is 3.04. The maximum Gasteiger partial charge on any atom is 0.252 e. The smallest absolute Gasteiger partial charge is 0.252 e. The van der Waals surface area contributed by atoms with E-state index < -0.39 is 17.9 Å². The van der Waals surface area contributed by atoms with Crippen molar-refractivity contribution >= 4 is 28.8 Å². The predicted molar refractivity (Wildman–Crippen MR) is 90.9 cm³/mol. The number of carbonyl (C=O) groups is 3. The molecule has 1 aliphatic rings. The van der Waals surface area contributed by atoms with Gasteiger partial charge in [0.25, 0.3) is 5.91 Å². The van der Waals surface area contributed by atoms with Crippen LogP contribution in [0.5, 0.6) is 0 Å². The minimum atomic E-state index is -0.727. The van der Waals surface area contributed by atoms with E-state index >= 15 is 0 Å². The summed E-state index contributed by atoms with van der Waals surface area (Å²) >= 11 is 0. The molecule has 0 bridgehead atoms. The van der Waals surface area contributed by atoms with Gasteiger partial charge in [-0.1, -0.05) is 6.07 Å². The van der Waals surface area contributed by atoms with E-state index in [1.54, 1.807) is 36.5 Å². The number of pyridine rings is 1. The van der Waals surface area contributed by atoms with Crippen LogP contribution in [0.1, 0.15) is 23.2 Å². The number of hydrogen-bond donors (Lipinski definition) is 2. The molecule has 3 aromatic rings. The molecular weight excluding hydrogens is 336 g/mol. The Morgan fingerprint density at radius 3 is 2.88 bits per heavy atom. The van der Waals surface area contributed by atoms with Crippen LogP contribution in [0, 0.1) is 0 Å². The van der Waals surface area contributed by atoms with E-state index in [4.69, 9.17) is 4.42 Å². The van der Waals surface area contributed by atoms with Gasteiger partial charge in [-0.05, 0) is 36.8 Å². The number of benzene rings is 1. The van der Waals surface area contributed by atoms with Crippen LogP contribution >= 0.6 is 0 Å². The van der Waals surface area contributed by atoms with Crippen LogP contribution in [-0.2, 0) is 9.59 Å².